The number of halogens is 3. The molecule has 0 unspecified atom stereocenters. The summed E-state index contributed by atoms with van der Waals surface area (Å²) in [4.78, 5) is 0. The van der Waals surface area contributed by atoms with Crippen LogP contribution in [0.5, 0.6) is 0 Å². The topological polar surface area (TPSA) is 23.8 Å². The van der Waals surface area contributed by atoms with Gasteiger partial charge in [0.05, 0.1) is 5.56 Å². The van der Waals surface area contributed by atoms with Gasteiger partial charge >= 0.3 is 0 Å². The van der Waals surface area contributed by atoms with Crippen LogP contribution in [0.4, 0.5) is 4.39 Å². The molecule has 0 heterocycles. The van der Waals surface area contributed by atoms with Gasteiger partial charge in [-0.05, 0) is 17.7 Å². The van der Waals surface area contributed by atoms with Crippen LogP contribution >= 0.6 is 27.5 Å². The molecule has 0 spiro atoms. The third-order valence-electron chi connectivity index (χ3n) is 1.40. The predicted octanol–water partition coefficient (Wildman–Crippen LogP) is 3.25. The van der Waals surface area contributed by atoms with E-state index < -0.39 is 5.82 Å². The van der Waals surface area contributed by atoms with Crippen LogP contribution in [0.1, 0.15) is 11.1 Å². The first kappa shape index (κ1) is 9.50. The van der Waals surface area contributed by atoms with E-state index in [9.17, 15) is 4.39 Å². The molecular formula is C8H4BrClFN. The van der Waals surface area contributed by atoms with Crippen molar-refractivity contribution in [3.63, 3.8) is 0 Å². The molecule has 0 aromatic heterocycles. The number of hydrogen-bond acceptors (Lipinski definition) is 1. The number of benzene rings is 1. The van der Waals surface area contributed by atoms with Crippen molar-refractivity contribution in [2.75, 3.05) is 0 Å². The monoisotopic (exact) mass is 247 g/mol. The first-order chi connectivity index (χ1) is 5.69. The zero-order chi connectivity index (χ0) is 9.14. The second kappa shape index (κ2) is 3.88. The van der Waals surface area contributed by atoms with E-state index in [4.69, 9.17) is 16.9 Å². The lowest BCUT2D eigenvalue weighted by Gasteiger charge is -2.00. The van der Waals surface area contributed by atoms with Crippen LogP contribution in [-0.4, -0.2) is 0 Å². The van der Waals surface area contributed by atoms with Gasteiger partial charge < -0.3 is 0 Å². The van der Waals surface area contributed by atoms with Gasteiger partial charge in [-0.1, -0.05) is 27.5 Å². The number of nitrogens with zero attached hydrogens (tertiary/aromatic N) is 1. The fourth-order valence-corrected chi connectivity index (χ4v) is 1.62. The highest BCUT2D eigenvalue weighted by molar-refractivity contribution is 9.08. The van der Waals surface area contributed by atoms with Crippen LogP contribution in [-0.2, 0) is 5.33 Å². The quantitative estimate of drug-likeness (QED) is 0.700. The van der Waals surface area contributed by atoms with E-state index in [1.54, 1.807) is 6.07 Å². The molecular weight excluding hydrogens is 244 g/mol. The van der Waals surface area contributed by atoms with Gasteiger partial charge in [0, 0.05) is 10.4 Å². The summed E-state index contributed by atoms with van der Waals surface area (Å²) in [5.74, 6) is -0.577. The van der Waals surface area contributed by atoms with Crippen molar-refractivity contribution >= 4 is 27.5 Å². The van der Waals surface area contributed by atoms with E-state index >= 15 is 0 Å². The minimum Gasteiger partial charge on any atom is -0.205 e. The van der Waals surface area contributed by atoms with Crippen LogP contribution < -0.4 is 0 Å². The highest BCUT2D eigenvalue weighted by Gasteiger charge is 2.06. The maximum atomic E-state index is 12.8. The third-order valence-corrected chi connectivity index (χ3v) is 2.36. The smallest absolute Gasteiger partial charge is 0.142 e. The Hall–Kier alpha value is -0.590. The van der Waals surface area contributed by atoms with E-state index in [0.29, 0.717) is 10.4 Å². The van der Waals surface area contributed by atoms with Crippen molar-refractivity contribution in [1.29, 1.82) is 5.26 Å². The van der Waals surface area contributed by atoms with Gasteiger partial charge in [0.25, 0.3) is 0 Å². The molecule has 62 valence electrons. The van der Waals surface area contributed by atoms with E-state index in [0.717, 1.165) is 11.6 Å². The lowest BCUT2D eigenvalue weighted by Crippen LogP contribution is -1.88. The average Bonchev–Trinajstić information content (AvgIpc) is 2.05. The number of alkyl halides is 1. The third kappa shape index (κ3) is 1.77. The van der Waals surface area contributed by atoms with Crippen molar-refractivity contribution in [2.45, 2.75) is 5.33 Å². The highest BCUT2D eigenvalue weighted by Crippen LogP contribution is 2.22. The standard InChI is InChI=1S/C8H4BrClFN/c9-3-5-1-6(4-12)8(11)2-7(5)10/h1-2H,3H2. The molecule has 0 saturated heterocycles. The Labute approximate surface area is 82.9 Å². The molecule has 0 saturated carbocycles. The summed E-state index contributed by atoms with van der Waals surface area (Å²) in [7, 11) is 0. The maximum absolute atomic E-state index is 12.8. The largest absolute Gasteiger partial charge is 0.205 e. The Morgan fingerprint density at radius 1 is 1.58 bits per heavy atom. The fraction of sp³-hybridized carbons (Fsp3) is 0.125. The molecule has 0 aliphatic carbocycles. The Morgan fingerprint density at radius 3 is 2.75 bits per heavy atom. The van der Waals surface area contributed by atoms with Gasteiger partial charge in [0.15, 0.2) is 0 Å². The van der Waals surface area contributed by atoms with Crippen LogP contribution in [0.3, 0.4) is 0 Å². The van der Waals surface area contributed by atoms with Gasteiger partial charge in [-0.25, -0.2) is 4.39 Å². The zero-order valence-corrected chi connectivity index (χ0v) is 8.28. The molecule has 1 aromatic carbocycles. The first-order valence-corrected chi connectivity index (χ1v) is 4.63. The molecule has 0 N–H and O–H groups in total. The summed E-state index contributed by atoms with van der Waals surface area (Å²) >= 11 is 8.86. The van der Waals surface area contributed by atoms with Crippen molar-refractivity contribution in [3.8, 4) is 6.07 Å². The van der Waals surface area contributed by atoms with Gasteiger partial charge in [-0.15, -0.1) is 0 Å². The molecule has 0 bridgehead atoms. The minimum atomic E-state index is -0.577. The Kier molecular flexibility index (Phi) is 3.07. The second-order valence-electron chi connectivity index (χ2n) is 2.17. The lowest BCUT2D eigenvalue weighted by atomic mass is 10.1. The summed E-state index contributed by atoms with van der Waals surface area (Å²) in [6, 6.07) is 4.33. The van der Waals surface area contributed by atoms with Crippen molar-refractivity contribution in [2.24, 2.45) is 0 Å². The second-order valence-corrected chi connectivity index (χ2v) is 3.14. The maximum Gasteiger partial charge on any atom is 0.142 e. The van der Waals surface area contributed by atoms with Gasteiger partial charge in [-0.2, -0.15) is 5.26 Å². The molecule has 1 rings (SSSR count). The Balaban J connectivity index is 3.30. The van der Waals surface area contributed by atoms with Gasteiger partial charge in [0.2, 0.25) is 0 Å². The summed E-state index contributed by atoms with van der Waals surface area (Å²) in [6.45, 7) is 0. The minimum absolute atomic E-state index is 0.0221. The molecule has 4 heteroatoms. The van der Waals surface area contributed by atoms with E-state index in [1.165, 1.54) is 6.07 Å². The van der Waals surface area contributed by atoms with Crippen LogP contribution in [0.25, 0.3) is 0 Å². The molecule has 0 aliphatic heterocycles. The number of rotatable bonds is 1. The van der Waals surface area contributed by atoms with Gasteiger partial charge in [0.1, 0.15) is 11.9 Å². The first-order valence-electron chi connectivity index (χ1n) is 3.13. The molecule has 0 aliphatic rings. The lowest BCUT2D eigenvalue weighted by molar-refractivity contribution is 0.623. The zero-order valence-electron chi connectivity index (χ0n) is 5.94. The van der Waals surface area contributed by atoms with E-state index in [2.05, 4.69) is 15.9 Å². The molecule has 1 aromatic rings. The molecule has 0 fully saturated rings. The summed E-state index contributed by atoms with van der Waals surface area (Å²) in [5.41, 5.74) is 0.739. The molecule has 12 heavy (non-hydrogen) atoms. The molecule has 0 radical (unpaired) electrons. The van der Waals surface area contributed by atoms with Crippen molar-refractivity contribution in [3.05, 3.63) is 34.1 Å². The van der Waals surface area contributed by atoms with Crippen molar-refractivity contribution < 1.29 is 4.39 Å². The molecule has 1 nitrogen and oxygen atoms in total. The Bertz CT molecular complexity index is 346. The molecule has 0 amide bonds. The predicted molar refractivity (Wildman–Crippen MR) is 48.8 cm³/mol. The van der Waals surface area contributed by atoms with Crippen LogP contribution in [0.2, 0.25) is 5.02 Å². The van der Waals surface area contributed by atoms with E-state index in [1.807, 2.05) is 0 Å². The number of nitriles is 1. The molecule has 0 atom stereocenters. The normalized spacial score (nSPS) is 9.50. The number of hydrogen-bond donors (Lipinski definition) is 0. The summed E-state index contributed by atoms with van der Waals surface area (Å²) < 4.78 is 12.8. The SMILES string of the molecule is N#Cc1cc(CBr)c(Cl)cc1F. The van der Waals surface area contributed by atoms with Crippen LogP contribution in [0.15, 0.2) is 12.1 Å². The van der Waals surface area contributed by atoms with Crippen LogP contribution in [0, 0.1) is 17.1 Å². The Morgan fingerprint density at radius 2 is 2.25 bits per heavy atom. The summed E-state index contributed by atoms with van der Waals surface area (Å²) in [6.07, 6.45) is 0. The summed E-state index contributed by atoms with van der Waals surface area (Å²) in [5, 5.41) is 9.33. The average molecular weight is 248 g/mol. The van der Waals surface area contributed by atoms with Gasteiger partial charge in [-0.3, -0.25) is 0 Å². The fourth-order valence-electron chi connectivity index (χ4n) is 0.782. The van der Waals surface area contributed by atoms with Crippen molar-refractivity contribution in [1.82, 2.24) is 0 Å². The highest BCUT2D eigenvalue weighted by atomic mass is 79.9. The van der Waals surface area contributed by atoms with E-state index in [-0.39, 0.29) is 5.56 Å².